The van der Waals surface area contributed by atoms with Crippen LogP contribution in [0.5, 0.6) is 5.75 Å². The minimum absolute atomic E-state index is 0.00912. The lowest BCUT2D eigenvalue weighted by atomic mass is 10.1. The Kier molecular flexibility index (Phi) is 7.12. The van der Waals surface area contributed by atoms with Gasteiger partial charge in [-0.25, -0.2) is 9.48 Å². The number of aromatic carboxylic acids is 1. The fraction of sp³-hybridized carbons (Fsp3) is 0.160. The van der Waals surface area contributed by atoms with Crippen molar-refractivity contribution in [3.8, 4) is 11.4 Å². The van der Waals surface area contributed by atoms with E-state index in [-0.39, 0.29) is 16.8 Å². The number of nitrogens with zero attached hydrogens (tertiary/aromatic N) is 2. The molecule has 0 aliphatic heterocycles. The lowest BCUT2D eigenvalue weighted by Crippen LogP contribution is -2.42. The van der Waals surface area contributed by atoms with Crippen LogP contribution in [-0.4, -0.2) is 50.8 Å². The molecular formula is C25H20F3N5O6. The number of carbonyl (C=O) groups excluding carboxylic acids is 2. The normalized spacial score (nSPS) is 12.1. The first-order chi connectivity index (χ1) is 18.4. The second kappa shape index (κ2) is 10.3. The molecule has 1 atom stereocenters. The molecule has 0 fully saturated rings. The number of hydrogen-bond donors (Lipinski definition) is 4. The van der Waals surface area contributed by atoms with Gasteiger partial charge >= 0.3 is 12.1 Å². The fourth-order valence-corrected chi connectivity index (χ4v) is 3.75. The average Bonchev–Trinajstić information content (AvgIpc) is 3.35. The van der Waals surface area contributed by atoms with Crippen LogP contribution in [-0.2, 0) is 11.0 Å². The molecule has 2 aromatic heterocycles. The summed E-state index contributed by atoms with van der Waals surface area (Å²) in [6.45, 7) is 1.25. The molecule has 0 radical (unpaired) electrons. The van der Waals surface area contributed by atoms with Gasteiger partial charge < -0.3 is 25.5 Å². The van der Waals surface area contributed by atoms with Gasteiger partial charge in [-0.05, 0) is 49.4 Å². The van der Waals surface area contributed by atoms with Crippen LogP contribution in [0.25, 0.3) is 16.6 Å². The SMILES string of the molecule is COc1ccc(-n2ncc(C(=O)N[C@@H](C)C(=O)Nc3ccc4[nH]cc(C(=O)O)c(=O)c4c3)c2C(F)(F)F)cc1. The van der Waals surface area contributed by atoms with Gasteiger partial charge in [-0.2, -0.15) is 18.3 Å². The van der Waals surface area contributed by atoms with Crippen molar-refractivity contribution in [1.82, 2.24) is 20.1 Å². The summed E-state index contributed by atoms with van der Waals surface area (Å²) in [4.78, 5) is 51.8. The van der Waals surface area contributed by atoms with Crippen LogP contribution in [0.2, 0.25) is 0 Å². The number of amides is 2. The number of nitrogens with one attached hydrogen (secondary N) is 3. The van der Waals surface area contributed by atoms with Gasteiger partial charge in [0.25, 0.3) is 5.91 Å². The summed E-state index contributed by atoms with van der Waals surface area (Å²) in [6, 6.07) is 8.35. The highest BCUT2D eigenvalue weighted by atomic mass is 19.4. The van der Waals surface area contributed by atoms with Gasteiger partial charge in [-0.15, -0.1) is 0 Å². The Morgan fingerprint density at radius 3 is 2.41 bits per heavy atom. The van der Waals surface area contributed by atoms with Crippen LogP contribution in [0.3, 0.4) is 0 Å². The van der Waals surface area contributed by atoms with E-state index < -0.39 is 52.3 Å². The molecule has 14 heteroatoms. The molecule has 2 heterocycles. The second-order valence-corrected chi connectivity index (χ2v) is 8.30. The van der Waals surface area contributed by atoms with Crippen molar-refractivity contribution in [1.29, 1.82) is 0 Å². The maximum atomic E-state index is 13.9. The lowest BCUT2D eigenvalue weighted by Gasteiger charge is -2.16. The Hall–Kier alpha value is -5.14. The molecule has 202 valence electrons. The first kappa shape index (κ1) is 26.9. The van der Waals surface area contributed by atoms with E-state index in [1.54, 1.807) is 0 Å². The first-order valence-corrected chi connectivity index (χ1v) is 11.2. The van der Waals surface area contributed by atoms with Crippen LogP contribution in [0.1, 0.15) is 33.3 Å². The van der Waals surface area contributed by atoms with Crippen molar-refractivity contribution in [2.75, 3.05) is 12.4 Å². The summed E-state index contributed by atoms with van der Waals surface area (Å²) >= 11 is 0. The monoisotopic (exact) mass is 543 g/mol. The van der Waals surface area contributed by atoms with E-state index in [4.69, 9.17) is 9.84 Å². The number of ether oxygens (including phenoxy) is 1. The third-order valence-corrected chi connectivity index (χ3v) is 5.72. The molecule has 0 unspecified atom stereocenters. The van der Waals surface area contributed by atoms with E-state index in [0.29, 0.717) is 15.9 Å². The molecule has 0 saturated carbocycles. The molecule has 0 saturated heterocycles. The molecule has 0 bridgehead atoms. The van der Waals surface area contributed by atoms with Gasteiger partial charge in [0.1, 0.15) is 17.4 Å². The third-order valence-electron chi connectivity index (χ3n) is 5.72. The van der Waals surface area contributed by atoms with Crippen LogP contribution in [0.4, 0.5) is 18.9 Å². The van der Waals surface area contributed by atoms with E-state index in [1.807, 2.05) is 0 Å². The van der Waals surface area contributed by atoms with Gasteiger partial charge in [-0.3, -0.25) is 14.4 Å². The second-order valence-electron chi connectivity index (χ2n) is 8.30. The van der Waals surface area contributed by atoms with Gasteiger partial charge in [0.05, 0.1) is 24.6 Å². The molecule has 4 rings (SSSR count). The zero-order valence-corrected chi connectivity index (χ0v) is 20.3. The maximum Gasteiger partial charge on any atom is 0.434 e. The molecule has 0 aliphatic carbocycles. The van der Waals surface area contributed by atoms with Crippen LogP contribution in [0.15, 0.2) is 59.7 Å². The van der Waals surface area contributed by atoms with E-state index in [0.717, 1.165) is 12.4 Å². The third kappa shape index (κ3) is 5.44. The maximum absolute atomic E-state index is 13.9. The highest BCUT2D eigenvalue weighted by Gasteiger charge is 2.41. The molecule has 4 aromatic rings. The van der Waals surface area contributed by atoms with Gasteiger partial charge in [0.2, 0.25) is 11.3 Å². The summed E-state index contributed by atoms with van der Waals surface area (Å²) in [5, 5.41) is 17.5. The van der Waals surface area contributed by atoms with E-state index in [1.165, 1.54) is 56.5 Å². The summed E-state index contributed by atoms with van der Waals surface area (Å²) in [6.07, 6.45) is -3.15. The first-order valence-electron chi connectivity index (χ1n) is 11.2. The highest BCUT2D eigenvalue weighted by molar-refractivity contribution is 6.02. The number of methoxy groups -OCH3 is 1. The number of anilines is 1. The number of H-pyrrole nitrogens is 1. The Bertz CT molecular complexity index is 1640. The topological polar surface area (TPSA) is 155 Å². The fourth-order valence-electron chi connectivity index (χ4n) is 3.75. The predicted octanol–water partition coefficient (Wildman–Crippen LogP) is 3.20. The summed E-state index contributed by atoms with van der Waals surface area (Å²) in [7, 11) is 1.40. The van der Waals surface area contributed by atoms with Crippen LogP contribution < -0.4 is 20.8 Å². The van der Waals surface area contributed by atoms with Crippen molar-refractivity contribution in [2.24, 2.45) is 0 Å². The van der Waals surface area contributed by atoms with Gasteiger partial charge in [-0.1, -0.05) is 0 Å². The van der Waals surface area contributed by atoms with Crippen molar-refractivity contribution in [2.45, 2.75) is 19.1 Å². The van der Waals surface area contributed by atoms with Crippen molar-refractivity contribution in [3.63, 3.8) is 0 Å². The molecular weight excluding hydrogens is 523 g/mol. The van der Waals surface area contributed by atoms with Crippen molar-refractivity contribution in [3.05, 3.63) is 81.9 Å². The largest absolute Gasteiger partial charge is 0.497 e. The van der Waals surface area contributed by atoms with Gasteiger partial charge in [0.15, 0.2) is 5.69 Å². The number of carboxylic acid groups (broad SMARTS) is 1. The minimum atomic E-state index is -4.96. The Morgan fingerprint density at radius 2 is 1.79 bits per heavy atom. The van der Waals surface area contributed by atoms with Crippen molar-refractivity contribution >= 4 is 34.4 Å². The number of hydrogen-bond acceptors (Lipinski definition) is 6. The molecule has 2 amide bonds. The number of carboxylic acids is 1. The van der Waals surface area contributed by atoms with E-state index >= 15 is 0 Å². The zero-order valence-electron chi connectivity index (χ0n) is 20.3. The van der Waals surface area contributed by atoms with E-state index in [9.17, 15) is 32.3 Å². The number of halogens is 3. The quantitative estimate of drug-likeness (QED) is 0.279. The highest BCUT2D eigenvalue weighted by Crippen LogP contribution is 2.34. The number of rotatable bonds is 7. The predicted molar refractivity (Wildman–Crippen MR) is 132 cm³/mol. The van der Waals surface area contributed by atoms with Crippen LogP contribution >= 0.6 is 0 Å². The Labute approximate surface area is 217 Å². The number of alkyl halides is 3. The number of carbonyl (C=O) groups is 3. The smallest absolute Gasteiger partial charge is 0.434 e. The Morgan fingerprint density at radius 1 is 1.10 bits per heavy atom. The number of aromatic amines is 1. The number of fused-ring (bicyclic) bond motifs is 1. The van der Waals surface area contributed by atoms with Crippen molar-refractivity contribution < 1.29 is 37.4 Å². The summed E-state index contributed by atoms with van der Waals surface area (Å²) in [5.74, 6) is -3.01. The molecule has 0 aliphatic rings. The lowest BCUT2D eigenvalue weighted by molar-refractivity contribution is -0.143. The zero-order chi connectivity index (χ0) is 28.5. The molecule has 0 spiro atoms. The number of pyridine rings is 1. The summed E-state index contributed by atoms with van der Waals surface area (Å²) in [5.41, 5.74) is -2.95. The molecule has 11 nitrogen and oxygen atoms in total. The minimum Gasteiger partial charge on any atom is -0.497 e. The molecule has 4 N–H and O–H groups in total. The Balaban J connectivity index is 1.55. The number of benzene rings is 2. The van der Waals surface area contributed by atoms with Gasteiger partial charge in [0, 0.05) is 22.8 Å². The van der Waals surface area contributed by atoms with Crippen LogP contribution in [0, 0.1) is 0 Å². The molecule has 39 heavy (non-hydrogen) atoms. The standard InChI is InChI=1S/C25H20F3N5O6/c1-12(22(35)32-13-3-8-19-16(9-13)20(34)17(10-29-19)24(37)38)31-23(36)18-11-30-33(21(18)25(26,27)28)14-4-6-15(39-2)7-5-14/h3-12H,1-2H3,(H,29,34)(H,31,36)(H,32,35)(H,37,38)/t12-/m0/s1. The average molecular weight is 543 g/mol. The molecule has 2 aromatic carbocycles. The van der Waals surface area contributed by atoms with E-state index in [2.05, 4.69) is 20.7 Å². The number of aromatic nitrogens is 3. The summed E-state index contributed by atoms with van der Waals surface area (Å²) < 4.78 is 47.4.